The van der Waals surface area contributed by atoms with Gasteiger partial charge in [-0.05, 0) is 19.1 Å². The average Bonchev–Trinajstić information content (AvgIpc) is 2.56. The highest BCUT2D eigenvalue weighted by Crippen LogP contribution is 2.24. The van der Waals surface area contributed by atoms with Gasteiger partial charge in [-0.15, -0.1) is 0 Å². The number of nitrogens with one attached hydrogen (secondary N) is 1. The zero-order valence-corrected chi connectivity index (χ0v) is 12.1. The zero-order valence-electron chi connectivity index (χ0n) is 11.3. The lowest BCUT2D eigenvalue weighted by molar-refractivity contribution is 0.709. The van der Waals surface area contributed by atoms with Crippen molar-refractivity contribution in [3.05, 3.63) is 5.69 Å². The van der Waals surface area contributed by atoms with E-state index in [2.05, 4.69) is 30.5 Å². The summed E-state index contributed by atoms with van der Waals surface area (Å²) in [5, 5.41) is 7.97. The van der Waals surface area contributed by atoms with Gasteiger partial charge in [-0.2, -0.15) is 16.9 Å². The van der Waals surface area contributed by atoms with Gasteiger partial charge in [-0.1, -0.05) is 20.3 Å². The molecule has 0 bridgehead atoms. The molecular formula is C12H24N4S. The number of nitrogens with two attached hydrogens (primary N) is 1. The lowest BCUT2D eigenvalue weighted by atomic mass is 10.2. The minimum Gasteiger partial charge on any atom is -0.394 e. The van der Waals surface area contributed by atoms with Crippen molar-refractivity contribution in [1.82, 2.24) is 9.78 Å². The fourth-order valence-corrected chi connectivity index (χ4v) is 2.57. The summed E-state index contributed by atoms with van der Waals surface area (Å²) in [7, 11) is 1.95. The first-order valence-corrected chi connectivity index (χ1v) is 7.60. The van der Waals surface area contributed by atoms with E-state index in [0.29, 0.717) is 6.04 Å². The maximum Gasteiger partial charge on any atom is 0.148 e. The molecule has 1 atom stereocenters. The van der Waals surface area contributed by atoms with E-state index in [1.54, 1.807) is 0 Å². The molecule has 0 fully saturated rings. The highest BCUT2D eigenvalue weighted by Gasteiger charge is 2.15. The van der Waals surface area contributed by atoms with Crippen molar-refractivity contribution in [3.8, 4) is 0 Å². The number of aromatic nitrogens is 2. The molecule has 0 saturated carbocycles. The number of nitrogen functional groups attached to an aromatic ring is 1. The summed E-state index contributed by atoms with van der Waals surface area (Å²) in [5.74, 6) is 2.05. The Labute approximate surface area is 108 Å². The second-order valence-electron chi connectivity index (χ2n) is 4.29. The van der Waals surface area contributed by atoms with E-state index in [4.69, 9.17) is 5.73 Å². The van der Waals surface area contributed by atoms with Gasteiger partial charge < -0.3 is 11.1 Å². The van der Waals surface area contributed by atoms with Crippen LogP contribution in [0.4, 0.5) is 11.5 Å². The molecule has 1 aromatic heterocycles. The molecule has 0 saturated heterocycles. The summed E-state index contributed by atoms with van der Waals surface area (Å²) < 4.78 is 1.86. The highest BCUT2D eigenvalue weighted by molar-refractivity contribution is 7.98. The molecule has 5 heteroatoms. The monoisotopic (exact) mass is 256 g/mol. The molecule has 0 aliphatic heterocycles. The van der Waals surface area contributed by atoms with Crippen LogP contribution in [-0.2, 0) is 13.5 Å². The van der Waals surface area contributed by atoms with Gasteiger partial charge in [0.25, 0.3) is 0 Å². The average molecular weight is 256 g/mol. The summed E-state index contributed by atoms with van der Waals surface area (Å²) in [5.41, 5.74) is 7.96. The molecule has 0 aromatic carbocycles. The normalized spacial score (nSPS) is 12.7. The summed E-state index contributed by atoms with van der Waals surface area (Å²) >= 11 is 1.85. The predicted octanol–water partition coefficient (Wildman–Crippen LogP) is 2.51. The first-order valence-electron chi connectivity index (χ1n) is 6.20. The van der Waals surface area contributed by atoms with Crippen LogP contribution in [0, 0.1) is 0 Å². The van der Waals surface area contributed by atoms with Crippen molar-refractivity contribution in [1.29, 1.82) is 0 Å². The molecule has 0 radical (unpaired) electrons. The van der Waals surface area contributed by atoms with Crippen molar-refractivity contribution in [2.75, 3.05) is 23.1 Å². The van der Waals surface area contributed by atoms with E-state index in [9.17, 15) is 0 Å². The minimum absolute atomic E-state index is 0.456. The zero-order chi connectivity index (χ0) is 12.8. The van der Waals surface area contributed by atoms with Crippen LogP contribution in [0.25, 0.3) is 0 Å². The maximum atomic E-state index is 6.14. The smallest absolute Gasteiger partial charge is 0.148 e. The van der Waals surface area contributed by atoms with Crippen LogP contribution >= 0.6 is 11.8 Å². The summed E-state index contributed by atoms with van der Waals surface area (Å²) in [6, 6.07) is 0.456. The van der Waals surface area contributed by atoms with Gasteiger partial charge in [0, 0.05) is 18.8 Å². The van der Waals surface area contributed by atoms with E-state index in [1.807, 2.05) is 23.5 Å². The third-order valence-electron chi connectivity index (χ3n) is 2.85. The largest absolute Gasteiger partial charge is 0.394 e. The van der Waals surface area contributed by atoms with E-state index in [1.165, 1.54) is 0 Å². The first-order chi connectivity index (χ1) is 8.13. The van der Waals surface area contributed by atoms with Gasteiger partial charge >= 0.3 is 0 Å². The number of hydrogen-bond acceptors (Lipinski definition) is 4. The fourth-order valence-electron chi connectivity index (χ4n) is 1.84. The molecule has 0 amide bonds. The maximum absolute atomic E-state index is 6.14. The van der Waals surface area contributed by atoms with Gasteiger partial charge in [0.15, 0.2) is 0 Å². The van der Waals surface area contributed by atoms with E-state index < -0.39 is 0 Å². The summed E-state index contributed by atoms with van der Waals surface area (Å²) in [6.07, 6.45) is 5.23. The molecule has 1 rings (SSSR count). The van der Waals surface area contributed by atoms with Crippen molar-refractivity contribution in [3.63, 3.8) is 0 Å². The number of anilines is 2. The SMILES string of the molecule is CCCc1nn(C)c(NC(CC)CSC)c1N. The van der Waals surface area contributed by atoms with E-state index in [-0.39, 0.29) is 0 Å². The van der Waals surface area contributed by atoms with Crippen LogP contribution < -0.4 is 11.1 Å². The number of nitrogens with zero attached hydrogens (tertiary/aromatic N) is 2. The topological polar surface area (TPSA) is 55.9 Å². The van der Waals surface area contributed by atoms with Gasteiger partial charge in [-0.3, -0.25) is 4.68 Å². The van der Waals surface area contributed by atoms with Gasteiger partial charge in [0.1, 0.15) is 5.82 Å². The Morgan fingerprint density at radius 1 is 1.47 bits per heavy atom. The molecule has 98 valence electrons. The van der Waals surface area contributed by atoms with Crippen LogP contribution in [-0.4, -0.2) is 27.8 Å². The molecular weight excluding hydrogens is 232 g/mol. The molecule has 4 nitrogen and oxygen atoms in total. The Kier molecular flexibility index (Phi) is 5.68. The molecule has 1 aromatic rings. The van der Waals surface area contributed by atoms with E-state index in [0.717, 1.165) is 42.2 Å². The number of aryl methyl sites for hydroxylation is 2. The number of hydrogen-bond donors (Lipinski definition) is 2. The standard InChI is InChI=1S/C12H24N4S/c1-5-7-10-11(13)12(16(3)15-10)14-9(6-2)8-17-4/h9,14H,5-8,13H2,1-4H3. The highest BCUT2D eigenvalue weighted by atomic mass is 32.2. The minimum atomic E-state index is 0.456. The number of rotatable bonds is 7. The van der Waals surface area contributed by atoms with Crippen LogP contribution in [0.2, 0.25) is 0 Å². The Bertz CT molecular complexity index is 349. The molecule has 0 spiro atoms. The Hall–Kier alpha value is -0.840. The molecule has 1 heterocycles. The fraction of sp³-hybridized carbons (Fsp3) is 0.750. The van der Waals surface area contributed by atoms with Gasteiger partial charge in [-0.25, -0.2) is 0 Å². The molecule has 1 unspecified atom stereocenters. The molecule has 17 heavy (non-hydrogen) atoms. The quantitative estimate of drug-likeness (QED) is 0.787. The first kappa shape index (κ1) is 14.2. The molecule has 3 N–H and O–H groups in total. The van der Waals surface area contributed by atoms with Crippen molar-refractivity contribution < 1.29 is 0 Å². The van der Waals surface area contributed by atoms with Crippen molar-refractivity contribution >= 4 is 23.3 Å². The molecule has 0 aliphatic carbocycles. The second kappa shape index (κ2) is 6.79. The molecule has 0 aliphatic rings. The van der Waals surface area contributed by atoms with Gasteiger partial charge in [0.2, 0.25) is 0 Å². The van der Waals surface area contributed by atoms with Crippen molar-refractivity contribution in [2.45, 2.75) is 39.2 Å². The number of thioether (sulfide) groups is 1. The Balaban J connectivity index is 2.82. The van der Waals surface area contributed by atoms with E-state index >= 15 is 0 Å². The van der Waals surface area contributed by atoms with Gasteiger partial charge in [0.05, 0.1) is 11.4 Å². The second-order valence-corrected chi connectivity index (χ2v) is 5.20. The third-order valence-corrected chi connectivity index (χ3v) is 3.58. The summed E-state index contributed by atoms with van der Waals surface area (Å²) in [6.45, 7) is 4.33. The Morgan fingerprint density at radius 2 is 2.18 bits per heavy atom. The summed E-state index contributed by atoms with van der Waals surface area (Å²) in [4.78, 5) is 0. The van der Waals surface area contributed by atoms with Crippen LogP contribution in [0.5, 0.6) is 0 Å². The Morgan fingerprint density at radius 3 is 2.71 bits per heavy atom. The van der Waals surface area contributed by atoms with Crippen molar-refractivity contribution in [2.24, 2.45) is 7.05 Å². The van der Waals surface area contributed by atoms with Crippen LogP contribution in [0.15, 0.2) is 0 Å². The van der Waals surface area contributed by atoms with Crippen LogP contribution in [0.1, 0.15) is 32.4 Å². The van der Waals surface area contributed by atoms with Crippen LogP contribution in [0.3, 0.4) is 0 Å². The predicted molar refractivity (Wildman–Crippen MR) is 77.7 cm³/mol. The third kappa shape index (κ3) is 3.56. The lowest BCUT2D eigenvalue weighted by Gasteiger charge is -2.17. The lowest BCUT2D eigenvalue weighted by Crippen LogP contribution is -2.23.